The fraction of sp³-hybridized carbons (Fsp3) is 0.667. The Bertz CT molecular complexity index is 645. The molecule has 0 unspecified atom stereocenters. The minimum atomic E-state index is 0. The minimum absolute atomic E-state index is 0. The molecule has 1 amide bonds. The number of rotatable bonds is 12. The molecule has 1 fully saturated rings. The maximum absolute atomic E-state index is 12.1. The van der Waals surface area contributed by atoms with E-state index in [4.69, 9.17) is 0 Å². The van der Waals surface area contributed by atoms with Crippen molar-refractivity contribution >= 4 is 35.8 Å². The van der Waals surface area contributed by atoms with Crippen LogP contribution >= 0.6 is 24.0 Å². The van der Waals surface area contributed by atoms with Crippen molar-refractivity contribution in [1.82, 2.24) is 25.3 Å². The first kappa shape index (κ1) is 28.6. The number of carbonyl (C=O) groups excluding carboxylic acids is 1. The lowest BCUT2D eigenvalue weighted by molar-refractivity contribution is -0.130. The summed E-state index contributed by atoms with van der Waals surface area (Å²) in [5, 5.41) is 6.57. The Morgan fingerprint density at radius 2 is 1.66 bits per heavy atom. The SMILES string of the molecule is CCNC(=NCCCN1CCN(Cc2ccccc2)CC1)NCCC(=O)N(CC)CC.I. The van der Waals surface area contributed by atoms with E-state index in [0.29, 0.717) is 13.0 Å². The van der Waals surface area contributed by atoms with Gasteiger partial charge >= 0.3 is 0 Å². The number of hydrogen-bond donors (Lipinski definition) is 2. The van der Waals surface area contributed by atoms with E-state index in [9.17, 15) is 4.79 Å². The van der Waals surface area contributed by atoms with Gasteiger partial charge in [-0.3, -0.25) is 14.7 Å². The quantitative estimate of drug-likeness (QED) is 0.179. The van der Waals surface area contributed by atoms with Gasteiger partial charge in [-0.05, 0) is 32.8 Å². The molecular weight excluding hydrogens is 515 g/mol. The Labute approximate surface area is 212 Å². The van der Waals surface area contributed by atoms with Crippen LogP contribution in [-0.4, -0.2) is 92.0 Å². The van der Waals surface area contributed by atoms with Gasteiger partial charge in [0, 0.05) is 78.4 Å². The van der Waals surface area contributed by atoms with E-state index < -0.39 is 0 Å². The van der Waals surface area contributed by atoms with Crippen LogP contribution in [0.25, 0.3) is 0 Å². The predicted octanol–water partition coefficient (Wildman–Crippen LogP) is 2.63. The molecule has 1 aromatic rings. The molecule has 182 valence electrons. The van der Waals surface area contributed by atoms with E-state index in [0.717, 1.165) is 77.8 Å². The molecule has 0 saturated carbocycles. The Balaban J connectivity index is 0.00000512. The smallest absolute Gasteiger partial charge is 0.224 e. The van der Waals surface area contributed by atoms with Crippen molar-refractivity contribution in [2.24, 2.45) is 4.99 Å². The van der Waals surface area contributed by atoms with Crippen molar-refractivity contribution in [1.29, 1.82) is 0 Å². The summed E-state index contributed by atoms with van der Waals surface area (Å²) in [4.78, 5) is 23.8. The van der Waals surface area contributed by atoms with Crippen molar-refractivity contribution in [3.63, 3.8) is 0 Å². The summed E-state index contributed by atoms with van der Waals surface area (Å²) in [7, 11) is 0. The Kier molecular flexibility index (Phi) is 15.3. The molecule has 1 aromatic carbocycles. The van der Waals surface area contributed by atoms with E-state index in [-0.39, 0.29) is 29.9 Å². The van der Waals surface area contributed by atoms with Gasteiger partial charge < -0.3 is 20.4 Å². The van der Waals surface area contributed by atoms with E-state index >= 15 is 0 Å². The predicted molar refractivity (Wildman–Crippen MR) is 145 cm³/mol. The van der Waals surface area contributed by atoms with E-state index in [2.05, 4.69) is 62.7 Å². The number of nitrogens with zero attached hydrogens (tertiary/aromatic N) is 4. The fourth-order valence-electron chi connectivity index (χ4n) is 3.86. The van der Waals surface area contributed by atoms with E-state index in [1.807, 2.05) is 18.7 Å². The second-order valence-electron chi connectivity index (χ2n) is 7.96. The van der Waals surface area contributed by atoms with Crippen LogP contribution in [-0.2, 0) is 11.3 Å². The molecule has 0 bridgehead atoms. The first-order valence-electron chi connectivity index (χ1n) is 11.9. The van der Waals surface area contributed by atoms with Crippen LogP contribution in [0.1, 0.15) is 39.2 Å². The first-order chi connectivity index (χ1) is 15.2. The minimum Gasteiger partial charge on any atom is -0.357 e. The molecule has 0 atom stereocenters. The number of guanidine groups is 1. The molecule has 0 radical (unpaired) electrons. The van der Waals surface area contributed by atoms with Gasteiger partial charge in [-0.2, -0.15) is 0 Å². The van der Waals surface area contributed by atoms with Crippen molar-refractivity contribution in [3.05, 3.63) is 35.9 Å². The van der Waals surface area contributed by atoms with Crippen LogP contribution in [0.3, 0.4) is 0 Å². The third-order valence-electron chi connectivity index (χ3n) is 5.71. The van der Waals surface area contributed by atoms with E-state index in [1.165, 1.54) is 5.56 Å². The number of piperazine rings is 1. The van der Waals surface area contributed by atoms with Crippen LogP contribution < -0.4 is 10.6 Å². The van der Waals surface area contributed by atoms with Gasteiger partial charge in [-0.15, -0.1) is 24.0 Å². The molecule has 8 heteroatoms. The molecule has 1 saturated heterocycles. The highest BCUT2D eigenvalue weighted by molar-refractivity contribution is 14.0. The van der Waals surface area contributed by atoms with Crippen LogP contribution in [0, 0.1) is 0 Å². The summed E-state index contributed by atoms with van der Waals surface area (Å²) in [5.74, 6) is 1.00. The number of carbonyl (C=O) groups is 1. The van der Waals surface area contributed by atoms with E-state index in [1.54, 1.807) is 0 Å². The molecule has 2 N–H and O–H groups in total. The van der Waals surface area contributed by atoms with Gasteiger partial charge in [-0.1, -0.05) is 30.3 Å². The molecule has 7 nitrogen and oxygen atoms in total. The molecular formula is C24H43IN6O. The zero-order chi connectivity index (χ0) is 22.3. The van der Waals surface area contributed by atoms with Crippen molar-refractivity contribution in [2.75, 3.05) is 65.4 Å². The van der Waals surface area contributed by atoms with Crippen LogP contribution in [0.4, 0.5) is 0 Å². The molecule has 1 aliphatic rings. The Morgan fingerprint density at radius 3 is 2.28 bits per heavy atom. The molecule has 2 rings (SSSR count). The lowest BCUT2D eigenvalue weighted by Crippen LogP contribution is -2.46. The van der Waals surface area contributed by atoms with Crippen LogP contribution in [0.2, 0.25) is 0 Å². The topological polar surface area (TPSA) is 63.2 Å². The maximum atomic E-state index is 12.1. The monoisotopic (exact) mass is 558 g/mol. The highest BCUT2D eigenvalue weighted by Crippen LogP contribution is 2.08. The summed E-state index contributed by atoms with van der Waals surface area (Å²) in [5.41, 5.74) is 1.40. The molecule has 0 aliphatic carbocycles. The molecule has 1 heterocycles. The lowest BCUT2D eigenvalue weighted by atomic mass is 10.2. The summed E-state index contributed by atoms with van der Waals surface area (Å²) >= 11 is 0. The second kappa shape index (κ2) is 17.1. The largest absolute Gasteiger partial charge is 0.357 e. The van der Waals surface area contributed by atoms with Gasteiger partial charge in [0.1, 0.15) is 0 Å². The average Bonchev–Trinajstić information content (AvgIpc) is 2.79. The van der Waals surface area contributed by atoms with Gasteiger partial charge in [0.05, 0.1) is 0 Å². The fourth-order valence-corrected chi connectivity index (χ4v) is 3.86. The summed E-state index contributed by atoms with van der Waals surface area (Å²) in [6, 6.07) is 10.7. The summed E-state index contributed by atoms with van der Waals surface area (Å²) < 4.78 is 0. The van der Waals surface area contributed by atoms with Crippen molar-refractivity contribution in [2.45, 2.75) is 40.2 Å². The third-order valence-corrected chi connectivity index (χ3v) is 5.71. The molecule has 0 aromatic heterocycles. The Hall–Kier alpha value is -1.39. The first-order valence-corrected chi connectivity index (χ1v) is 11.9. The van der Waals surface area contributed by atoms with Crippen molar-refractivity contribution in [3.8, 4) is 0 Å². The number of nitrogens with one attached hydrogen (secondary N) is 2. The third kappa shape index (κ3) is 11.0. The summed E-state index contributed by atoms with van der Waals surface area (Å²) in [6.45, 7) is 16.5. The van der Waals surface area contributed by atoms with Crippen LogP contribution in [0.15, 0.2) is 35.3 Å². The average molecular weight is 559 g/mol. The second-order valence-corrected chi connectivity index (χ2v) is 7.96. The lowest BCUT2D eigenvalue weighted by Gasteiger charge is -2.34. The number of aliphatic imine (C=N–C) groups is 1. The van der Waals surface area contributed by atoms with Gasteiger partial charge in [0.2, 0.25) is 5.91 Å². The maximum Gasteiger partial charge on any atom is 0.224 e. The van der Waals surface area contributed by atoms with Gasteiger partial charge in [0.15, 0.2) is 5.96 Å². The highest BCUT2D eigenvalue weighted by atomic mass is 127. The number of hydrogen-bond acceptors (Lipinski definition) is 4. The Morgan fingerprint density at radius 1 is 1.00 bits per heavy atom. The standard InChI is InChI=1S/C24H42N6O.HI/c1-4-25-24(27-15-13-23(31)30(5-2)6-3)26-14-10-16-28-17-19-29(20-18-28)21-22-11-8-7-9-12-22;/h7-9,11-12H,4-6,10,13-21H2,1-3H3,(H2,25,26,27);1H. The van der Waals surface area contributed by atoms with Gasteiger partial charge in [0.25, 0.3) is 0 Å². The molecule has 0 spiro atoms. The number of amides is 1. The number of halogens is 1. The van der Waals surface area contributed by atoms with Gasteiger partial charge in [-0.25, -0.2) is 0 Å². The summed E-state index contributed by atoms with van der Waals surface area (Å²) in [6.07, 6.45) is 1.55. The normalized spacial score (nSPS) is 15.2. The highest BCUT2D eigenvalue weighted by Gasteiger charge is 2.16. The zero-order valence-corrected chi connectivity index (χ0v) is 22.5. The molecule has 1 aliphatic heterocycles. The number of benzene rings is 1. The van der Waals surface area contributed by atoms with Crippen molar-refractivity contribution < 1.29 is 4.79 Å². The van der Waals surface area contributed by atoms with Crippen LogP contribution in [0.5, 0.6) is 0 Å². The molecule has 32 heavy (non-hydrogen) atoms. The zero-order valence-electron chi connectivity index (χ0n) is 20.2.